The van der Waals surface area contributed by atoms with Crippen molar-refractivity contribution in [2.24, 2.45) is 11.3 Å². The number of benzene rings is 1. The molecule has 0 aliphatic heterocycles. The van der Waals surface area contributed by atoms with Crippen LogP contribution in [0.1, 0.15) is 33.3 Å². The molecule has 0 bridgehead atoms. The van der Waals surface area contributed by atoms with Gasteiger partial charge in [-0.25, -0.2) is 0 Å². The molecule has 0 aromatic heterocycles. The monoisotopic (exact) mass is 249 g/mol. The van der Waals surface area contributed by atoms with Gasteiger partial charge in [-0.3, -0.25) is 4.79 Å². The van der Waals surface area contributed by atoms with Crippen molar-refractivity contribution in [3.05, 3.63) is 29.8 Å². The van der Waals surface area contributed by atoms with Gasteiger partial charge in [-0.2, -0.15) is 0 Å². The summed E-state index contributed by atoms with van der Waals surface area (Å²) >= 11 is 0. The zero-order valence-electron chi connectivity index (χ0n) is 11.9. The smallest absolute Gasteiger partial charge is 0.223 e. The number of hydrogen-bond acceptors (Lipinski definition) is 2. The van der Waals surface area contributed by atoms with E-state index in [1.807, 2.05) is 31.2 Å². The Labute approximate surface area is 110 Å². The lowest BCUT2D eigenvalue weighted by Gasteiger charge is -2.26. The molecular formula is C15H23NO2. The summed E-state index contributed by atoms with van der Waals surface area (Å²) in [6.45, 7) is 8.67. The van der Waals surface area contributed by atoms with E-state index in [2.05, 4.69) is 26.1 Å². The molecule has 3 heteroatoms. The number of carbonyl (C=O) groups is 1. The molecule has 0 radical (unpaired) electrons. The minimum Gasteiger partial charge on any atom is -0.496 e. The molecule has 100 valence electrons. The molecule has 1 amide bonds. The largest absolute Gasteiger partial charge is 0.496 e. The van der Waals surface area contributed by atoms with E-state index in [-0.39, 0.29) is 17.2 Å². The van der Waals surface area contributed by atoms with Crippen molar-refractivity contribution in [3.8, 4) is 5.75 Å². The third-order valence-corrected chi connectivity index (χ3v) is 3.34. The van der Waals surface area contributed by atoms with E-state index >= 15 is 0 Å². The first kappa shape index (κ1) is 14.6. The lowest BCUT2D eigenvalue weighted by Crippen LogP contribution is -2.35. The van der Waals surface area contributed by atoms with Crippen LogP contribution in [0.5, 0.6) is 5.75 Å². The molecule has 0 heterocycles. The van der Waals surface area contributed by atoms with Gasteiger partial charge in [0, 0.05) is 18.0 Å². The van der Waals surface area contributed by atoms with Crippen molar-refractivity contribution >= 4 is 5.91 Å². The summed E-state index contributed by atoms with van der Waals surface area (Å²) in [5.41, 5.74) is 0.972. The summed E-state index contributed by atoms with van der Waals surface area (Å²) in [6, 6.07) is 7.72. The van der Waals surface area contributed by atoms with E-state index in [4.69, 9.17) is 4.74 Å². The standard InChI is InChI=1S/C15H23NO2/c1-11(15(2,3)4)14(17)16-10-12-8-6-7-9-13(12)18-5/h6-9,11H,10H2,1-5H3,(H,16,17). The van der Waals surface area contributed by atoms with Gasteiger partial charge >= 0.3 is 0 Å². The van der Waals surface area contributed by atoms with Crippen LogP contribution in [0, 0.1) is 11.3 Å². The topological polar surface area (TPSA) is 38.3 Å². The highest BCUT2D eigenvalue weighted by Gasteiger charge is 2.26. The third kappa shape index (κ3) is 3.76. The highest BCUT2D eigenvalue weighted by molar-refractivity contribution is 5.79. The first-order valence-electron chi connectivity index (χ1n) is 6.26. The summed E-state index contributed by atoms with van der Waals surface area (Å²) in [5, 5.41) is 2.96. The van der Waals surface area contributed by atoms with Crippen molar-refractivity contribution in [3.63, 3.8) is 0 Å². The average Bonchev–Trinajstić information content (AvgIpc) is 2.34. The Morgan fingerprint density at radius 3 is 2.50 bits per heavy atom. The van der Waals surface area contributed by atoms with Crippen LogP contribution in [0.3, 0.4) is 0 Å². The molecule has 1 aromatic carbocycles. The number of nitrogens with one attached hydrogen (secondary N) is 1. The second-order valence-corrected chi connectivity index (χ2v) is 5.62. The molecule has 18 heavy (non-hydrogen) atoms. The average molecular weight is 249 g/mol. The van der Waals surface area contributed by atoms with Crippen LogP contribution in [-0.2, 0) is 11.3 Å². The van der Waals surface area contributed by atoms with Crippen molar-refractivity contribution in [1.82, 2.24) is 5.32 Å². The van der Waals surface area contributed by atoms with E-state index in [1.54, 1.807) is 7.11 Å². The molecule has 1 unspecified atom stereocenters. The second kappa shape index (κ2) is 5.89. The fourth-order valence-electron chi connectivity index (χ4n) is 1.58. The van der Waals surface area contributed by atoms with Gasteiger partial charge in [0.2, 0.25) is 5.91 Å². The number of ether oxygens (including phenoxy) is 1. The minimum absolute atomic E-state index is 0.0211. The van der Waals surface area contributed by atoms with Gasteiger partial charge < -0.3 is 10.1 Å². The number of para-hydroxylation sites is 1. The van der Waals surface area contributed by atoms with Crippen LogP contribution in [-0.4, -0.2) is 13.0 Å². The Kier molecular flexibility index (Phi) is 4.76. The molecule has 1 N–H and O–H groups in total. The number of carbonyl (C=O) groups excluding carboxylic acids is 1. The molecule has 0 aliphatic rings. The van der Waals surface area contributed by atoms with Gasteiger partial charge in [0.05, 0.1) is 7.11 Å². The fourth-order valence-corrected chi connectivity index (χ4v) is 1.58. The maximum absolute atomic E-state index is 12.0. The lowest BCUT2D eigenvalue weighted by molar-refractivity contribution is -0.127. The van der Waals surface area contributed by atoms with Gasteiger partial charge in [0.1, 0.15) is 5.75 Å². The van der Waals surface area contributed by atoms with Gasteiger partial charge in [0.25, 0.3) is 0 Å². The van der Waals surface area contributed by atoms with Crippen molar-refractivity contribution in [2.45, 2.75) is 34.2 Å². The Hall–Kier alpha value is -1.51. The molecule has 0 saturated heterocycles. The van der Waals surface area contributed by atoms with Crippen molar-refractivity contribution in [2.75, 3.05) is 7.11 Å². The maximum Gasteiger partial charge on any atom is 0.223 e. The molecule has 1 atom stereocenters. The summed E-state index contributed by atoms with van der Waals surface area (Å²) in [5.74, 6) is 0.863. The van der Waals surface area contributed by atoms with Crippen LogP contribution in [0.15, 0.2) is 24.3 Å². The quantitative estimate of drug-likeness (QED) is 0.891. The molecular weight excluding hydrogens is 226 g/mol. The molecule has 1 aromatic rings. The van der Waals surface area contributed by atoms with Crippen LogP contribution in [0.4, 0.5) is 0 Å². The third-order valence-electron chi connectivity index (χ3n) is 3.34. The van der Waals surface area contributed by atoms with E-state index in [0.29, 0.717) is 6.54 Å². The van der Waals surface area contributed by atoms with Gasteiger partial charge in [-0.05, 0) is 11.5 Å². The van der Waals surface area contributed by atoms with Crippen molar-refractivity contribution in [1.29, 1.82) is 0 Å². The normalized spacial score (nSPS) is 12.9. The molecule has 3 nitrogen and oxygen atoms in total. The highest BCUT2D eigenvalue weighted by atomic mass is 16.5. The predicted molar refractivity (Wildman–Crippen MR) is 73.5 cm³/mol. The van der Waals surface area contributed by atoms with Crippen LogP contribution >= 0.6 is 0 Å². The van der Waals surface area contributed by atoms with Crippen LogP contribution in [0.25, 0.3) is 0 Å². The Morgan fingerprint density at radius 1 is 1.33 bits per heavy atom. The van der Waals surface area contributed by atoms with E-state index < -0.39 is 0 Å². The Morgan fingerprint density at radius 2 is 1.94 bits per heavy atom. The number of rotatable bonds is 4. The molecule has 1 rings (SSSR count). The van der Waals surface area contributed by atoms with Gasteiger partial charge in [0.15, 0.2) is 0 Å². The van der Waals surface area contributed by atoms with E-state index in [0.717, 1.165) is 11.3 Å². The second-order valence-electron chi connectivity index (χ2n) is 5.62. The summed E-state index contributed by atoms with van der Waals surface area (Å²) in [4.78, 5) is 12.0. The minimum atomic E-state index is -0.0230. The van der Waals surface area contributed by atoms with Crippen molar-refractivity contribution < 1.29 is 9.53 Å². The van der Waals surface area contributed by atoms with Crippen LogP contribution in [0.2, 0.25) is 0 Å². The van der Waals surface area contributed by atoms with Gasteiger partial charge in [-0.15, -0.1) is 0 Å². The highest BCUT2D eigenvalue weighted by Crippen LogP contribution is 2.25. The summed E-state index contributed by atoms with van der Waals surface area (Å²) in [7, 11) is 1.64. The Bertz CT molecular complexity index is 407. The zero-order valence-corrected chi connectivity index (χ0v) is 11.9. The van der Waals surface area contributed by atoms with E-state index in [1.165, 1.54) is 0 Å². The van der Waals surface area contributed by atoms with Crippen LogP contribution < -0.4 is 10.1 Å². The zero-order chi connectivity index (χ0) is 13.8. The summed E-state index contributed by atoms with van der Waals surface area (Å²) in [6.07, 6.45) is 0. The molecule has 0 saturated carbocycles. The van der Waals surface area contributed by atoms with Gasteiger partial charge in [-0.1, -0.05) is 45.9 Å². The first-order chi connectivity index (χ1) is 8.36. The maximum atomic E-state index is 12.0. The molecule has 0 fully saturated rings. The number of methoxy groups -OCH3 is 1. The van der Waals surface area contributed by atoms with E-state index in [9.17, 15) is 4.79 Å². The SMILES string of the molecule is COc1ccccc1CNC(=O)C(C)C(C)(C)C. The first-order valence-corrected chi connectivity index (χ1v) is 6.26. The molecule has 0 spiro atoms. The number of amides is 1. The Balaban J connectivity index is 2.63. The number of hydrogen-bond donors (Lipinski definition) is 1. The molecule has 0 aliphatic carbocycles. The fraction of sp³-hybridized carbons (Fsp3) is 0.533. The predicted octanol–water partition coefficient (Wildman–Crippen LogP) is 2.99. The lowest BCUT2D eigenvalue weighted by atomic mass is 9.81. The summed E-state index contributed by atoms with van der Waals surface area (Å²) < 4.78 is 5.25.